The zero-order valence-electron chi connectivity index (χ0n) is 13.7. The Morgan fingerprint density at radius 3 is 2.92 bits per heavy atom. The molecular weight excluding hydrogens is 322 g/mol. The van der Waals surface area contributed by atoms with Gasteiger partial charge in [-0.15, -0.1) is 0 Å². The van der Waals surface area contributed by atoms with Gasteiger partial charge in [-0.3, -0.25) is 9.98 Å². The number of aromatic nitrogens is 2. The standard InChI is InChI=1S/C18H22ClN5/c19-18-5-4-16-17(23-18)10-14(13-22-16)15(11-20)12-21-6-3-9-24-7-1-2-8-24/h4-5,10-13H,1-3,6-9,20H2. The van der Waals surface area contributed by atoms with Crippen LogP contribution < -0.4 is 5.73 Å². The summed E-state index contributed by atoms with van der Waals surface area (Å²) in [6.45, 7) is 4.39. The molecule has 0 amide bonds. The van der Waals surface area contributed by atoms with E-state index in [1.807, 2.05) is 18.3 Å². The van der Waals surface area contributed by atoms with E-state index in [2.05, 4.69) is 19.9 Å². The number of aliphatic imine (C=N–C) groups is 1. The molecule has 1 fully saturated rings. The molecule has 0 aliphatic carbocycles. The van der Waals surface area contributed by atoms with Crippen molar-refractivity contribution in [2.75, 3.05) is 26.2 Å². The van der Waals surface area contributed by atoms with E-state index >= 15 is 0 Å². The van der Waals surface area contributed by atoms with Gasteiger partial charge in [0.15, 0.2) is 0 Å². The first-order chi connectivity index (χ1) is 11.8. The van der Waals surface area contributed by atoms with Gasteiger partial charge in [0.05, 0.1) is 11.0 Å². The van der Waals surface area contributed by atoms with Gasteiger partial charge < -0.3 is 10.6 Å². The highest BCUT2D eigenvalue weighted by atomic mass is 35.5. The maximum Gasteiger partial charge on any atom is 0.129 e. The fraction of sp³-hybridized carbons (Fsp3) is 0.389. The predicted molar refractivity (Wildman–Crippen MR) is 100 cm³/mol. The first-order valence-electron chi connectivity index (χ1n) is 8.33. The van der Waals surface area contributed by atoms with E-state index in [4.69, 9.17) is 17.3 Å². The van der Waals surface area contributed by atoms with Crippen LogP contribution in [0, 0.1) is 0 Å². The first-order valence-corrected chi connectivity index (χ1v) is 8.71. The van der Waals surface area contributed by atoms with Crippen molar-refractivity contribution in [2.24, 2.45) is 10.7 Å². The largest absolute Gasteiger partial charge is 0.404 e. The normalized spacial score (nSPS) is 16.5. The van der Waals surface area contributed by atoms with Crippen molar-refractivity contribution in [3.63, 3.8) is 0 Å². The highest BCUT2D eigenvalue weighted by Gasteiger charge is 2.09. The molecule has 6 heteroatoms. The number of hydrogen-bond donors (Lipinski definition) is 1. The van der Waals surface area contributed by atoms with Crippen molar-refractivity contribution in [2.45, 2.75) is 19.3 Å². The number of hydrogen-bond acceptors (Lipinski definition) is 5. The number of pyridine rings is 2. The summed E-state index contributed by atoms with van der Waals surface area (Å²) in [5.74, 6) is 0. The molecule has 5 nitrogen and oxygen atoms in total. The number of nitrogens with two attached hydrogens (primary N) is 1. The number of rotatable bonds is 6. The molecule has 0 saturated carbocycles. The molecule has 2 N–H and O–H groups in total. The smallest absolute Gasteiger partial charge is 0.129 e. The van der Waals surface area contributed by atoms with E-state index in [0.717, 1.165) is 41.7 Å². The van der Waals surface area contributed by atoms with E-state index in [1.165, 1.54) is 25.9 Å². The Hall–Kier alpha value is -1.98. The molecule has 1 aliphatic heterocycles. The van der Waals surface area contributed by atoms with Gasteiger partial charge in [-0.2, -0.15) is 0 Å². The van der Waals surface area contributed by atoms with Crippen LogP contribution in [0.5, 0.6) is 0 Å². The van der Waals surface area contributed by atoms with Crippen LogP contribution in [0.2, 0.25) is 5.15 Å². The Balaban J connectivity index is 1.61. The first kappa shape index (κ1) is 16.9. The van der Waals surface area contributed by atoms with Crippen LogP contribution >= 0.6 is 11.6 Å². The zero-order valence-corrected chi connectivity index (χ0v) is 14.4. The van der Waals surface area contributed by atoms with Crippen molar-refractivity contribution >= 4 is 34.4 Å². The lowest BCUT2D eigenvalue weighted by atomic mass is 10.1. The summed E-state index contributed by atoms with van der Waals surface area (Å²) in [5, 5.41) is 0.454. The summed E-state index contributed by atoms with van der Waals surface area (Å²) in [7, 11) is 0. The molecule has 0 spiro atoms. The van der Waals surface area contributed by atoms with E-state index in [0.29, 0.717) is 5.15 Å². The second-order valence-electron chi connectivity index (χ2n) is 5.96. The van der Waals surface area contributed by atoms with Crippen LogP contribution in [0.25, 0.3) is 16.6 Å². The fourth-order valence-corrected chi connectivity index (χ4v) is 3.06. The minimum absolute atomic E-state index is 0.454. The third-order valence-corrected chi connectivity index (χ3v) is 4.42. The topological polar surface area (TPSA) is 67.4 Å². The van der Waals surface area contributed by atoms with Crippen molar-refractivity contribution in [1.82, 2.24) is 14.9 Å². The third-order valence-electron chi connectivity index (χ3n) is 4.21. The van der Waals surface area contributed by atoms with Crippen molar-refractivity contribution in [3.05, 3.63) is 41.3 Å². The van der Waals surface area contributed by atoms with Crippen molar-refractivity contribution in [1.29, 1.82) is 0 Å². The molecule has 0 atom stereocenters. The molecule has 24 heavy (non-hydrogen) atoms. The van der Waals surface area contributed by atoms with E-state index in [9.17, 15) is 0 Å². The summed E-state index contributed by atoms with van der Waals surface area (Å²) >= 11 is 5.95. The number of allylic oxidation sites excluding steroid dienone is 1. The summed E-state index contributed by atoms with van der Waals surface area (Å²) < 4.78 is 0. The van der Waals surface area contributed by atoms with Crippen LogP contribution in [0.15, 0.2) is 35.6 Å². The highest BCUT2D eigenvalue weighted by Crippen LogP contribution is 2.18. The van der Waals surface area contributed by atoms with Crippen LogP contribution in [0.3, 0.4) is 0 Å². The lowest BCUT2D eigenvalue weighted by molar-refractivity contribution is 0.336. The Kier molecular flexibility index (Phi) is 5.77. The molecule has 0 unspecified atom stereocenters. The molecular formula is C18H22ClN5. The summed E-state index contributed by atoms with van der Waals surface area (Å²) in [6.07, 6.45) is 8.88. The Morgan fingerprint density at radius 2 is 2.12 bits per heavy atom. The Labute approximate surface area is 147 Å². The summed E-state index contributed by atoms with van der Waals surface area (Å²) in [4.78, 5) is 15.7. The van der Waals surface area contributed by atoms with Gasteiger partial charge in [0.25, 0.3) is 0 Å². The number of nitrogens with zero attached hydrogens (tertiary/aromatic N) is 4. The Bertz CT molecular complexity index is 750. The number of fused-ring (bicyclic) bond motifs is 1. The maximum atomic E-state index is 5.95. The summed E-state index contributed by atoms with van der Waals surface area (Å²) in [5.41, 5.74) is 9.05. The fourth-order valence-electron chi connectivity index (χ4n) is 2.91. The lowest BCUT2D eigenvalue weighted by Crippen LogP contribution is -2.20. The van der Waals surface area contributed by atoms with Crippen LogP contribution in [0.4, 0.5) is 0 Å². The van der Waals surface area contributed by atoms with Gasteiger partial charge in [-0.1, -0.05) is 11.6 Å². The minimum Gasteiger partial charge on any atom is -0.404 e. The molecule has 0 radical (unpaired) electrons. The maximum absolute atomic E-state index is 5.95. The van der Waals surface area contributed by atoms with E-state index in [1.54, 1.807) is 18.5 Å². The molecule has 126 valence electrons. The molecule has 0 aromatic carbocycles. The predicted octanol–water partition coefficient (Wildman–Crippen LogP) is 3.14. The minimum atomic E-state index is 0.454. The van der Waals surface area contributed by atoms with Crippen molar-refractivity contribution < 1.29 is 0 Å². The second kappa shape index (κ2) is 8.22. The van der Waals surface area contributed by atoms with Crippen LogP contribution in [-0.4, -0.2) is 47.3 Å². The van der Waals surface area contributed by atoms with E-state index < -0.39 is 0 Å². The van der Waals surface area contributed by atoms with Gasteiger partial charge in [0, 0.05) is 36.3 Å². The average Bonchev–Trinajstić information content (AvgIpc) is 3.11. The highest BCUT2D eigenvalue weighted by molar-refractivity contribution is 6.29. The van der Waals surface area contributed by atoms with Gasteiger partial charge in [-0.25, -0.2) is 4.98 Å². The monoisotopic (exact) mass is 343 g/mol. The Morgan fingerprint density at radius 1 is 1.29 bits per heavy atom. The van der Waals surface area contributed by atoms with Gasteiger partial charge in [0.1, 0.15) is 5.15 Å². The number of likely N-dealkylation sites (tertiary alicyclic amines) is 1. The molecule has 3 rings (SSSR count). The second-order valence-corrected chi connectivity index (χ2v) is 6.34. The lowest BCUT2D eigenvalue weighted by Gasteiger charge is -2.12. The average molecular weight is 344 g/mol. The van der Waals surface area contributed by atoms with Gasteiger partial charge >= 0.3 is 0 Å². The van der Waals surface area contributed by atoms with Crippen LogP contribution in [-0.2, 0) is 0 Å². The molecule has 3 heterocycles. The summed E-state index contributed by atoms with van der Waals surface area (Å²) in [6, 6.07) is 5.52. The van der Waals surface area contributed by atoms with Crippen LogP contribution in [0.1, 0.15) is 24.8 Å². The molecule has 2 aromatic heterocycles. The number of halogens is 1. The molecule has 0 bridgehead atoms. The van der Waals surface area contributed by atoms with E-state index in [-0.39, 0.29) is 0 Å². The van der Waals surface area contributed by atoms with Gasteiger partial charge in [-0.05, 0) is 57.1 Å². The third kappa shape index (κ3) is 4.30. The molecule has 2 aromatic rings. The quantitative estimate of drug-likeness (QED) is 0.497. The molecule has 1 aliphatic rings. The molecule has 1 saturated heterocycles. The zero-order chi connectivity index (χ0) is 16.8. The SMILES string of the molecule is NC=C(C=NCCCN1CCCC1)c1cnc2ccc(Cl)nc2c1. The van der Waals surface area contributed by atoms with Gasteiger partial charge in [0.2, 0.25) is 0 Å². The van der Waals surface area contributed by atoms with Crippen molar-refractivity contribution in [3.8, 4) is 0 Å².